The van der Waals surface area contributed by atoms with Gasteiger partial charge in [0, 0.05) is 24.0 Å². The van der Waals surface area contributed by atoms with Crippen LogP contribution in [0.1, 0.15) is 21.7 Å². The Bertz CT molecular complexity index is 1460. The number of thioether (sulfide) groups is 1. The number of para-hydroxylation sites is 1. The highest BCUT2D eigenvalue weighted by molar-refractivity contribution is 7.99. The summed E-state index contributed by atoms with van der Waals surface area (Å²) >= 11 is 7.80. The Labute approximate surface area is 214 Å². The van der Waals surface area contributed by atoms with Crippen molar-refractivity contribution in [2.45, 2.75) is 18.6 Å². The largest absolute Gasteiger partial charge is 0.347 e. The second-order valence-corrected chi connectivity index (χ2v) is 10.0. The Hall–Kier alpha value is -3.54. The fourth-order valence-corrected chi connectivity index (χ4v) is 5.33. The average Bonchev–Trinajstić information content (AvgIpc) is 3.17. The fourth-order valence-electron chi connectivity index (χ4n) is 3.25. The van der Waals surface area contributed by atoms with Crippen LogP contribution in [0.25, 0.3) is 5.69 Å². The maximum absolute atomic E-state index is 13.3. The molecule has 0 aliphatic carbocycles. The summed E-state index contributed by atoms with van der Waals surface area (Å²) in [6, 6.07) is 20.2. The monoisotopic (exact) mass is 523 g/mol. The Morgan fingerprint density at radius 2 is 1.80 bits per heavy atom. The number of nitrogens with zero attached hydrogens (tertiary/aromatic N) is 2. The van der Waals surface area contributed by atoms with E-state index in [-0.39, 0.29) is 28.8 Å². The number of rotatable bonds is 8. The Balaban J connectivity index is 1.58. The van der Waals surface area contributed by atoms with Crippen LogP contribution in [0.2, 0.25) is 0 Å². The number of hydrogen-bond acceptors (Lipinski definition) is 7. The third-order valence-corrected chi connectivity index (χ3v) is 6.94. The molecule has 0 atom stereocenters. The van der Waals surface area contributed by atoms with Gasteiger partial charge in [0.1, 0.15) is 10.7 Å². The van der Waals surface area contributed by atoms with Crippen molar-refractivity contribution in [1.82, 2.24) is 19.9 Å². The summed E-state index contributed by atoms with van der Waals surface area (Å²) in [6.45, 7) is 2.03. The Morgan fingerprint density at radius 3 is 2.49 bits per heavy atom. The molecule has 2 amide bonds. The Kier molecular flexibility index (Phi) is 7.91. The molecular weight excluding hydrogens is 502 g/mol. The Morgan fingerprint density at radius 1 is 1.11 bits per heavy atom. The van der Waals surface area contributed by atoms with E-state index in [1.807, 2.05) is 60.7 Å². The highest BCUT2D eigenvalue weighted by atomic mass is 32.2. The normalized spacial score (nSPS) is 10.7. The van der Waals surface area contributed by atoms with Gasteiger partial charge in [0.25, 0.3) is 11.5 Å². The molecule has 4 rings (SSSR count). The standard InChI is InChI=1S/C24H21N5O3S3/c1-15-12-18(30)28-23(26-15)34-14-19(31)27-22-20(21(32)25-13-16-8-4-2-5-9-16)29(24(33)35-22)17-10-6-3-7-11-17/h2-12H,13-14H2,1H3,(H,25,32)(H,27,31)(H,26,28,30). The maximum atomic E-state index is 13.3. The summed E-state index contributed by atoms with van der Waals surface area (Å²) < 4.78 is 2.08. The first-order chi connectivity index (χ1) is 16.9. The molecule has 2 heterocycles. The maximum Gasteiger partial charge on any atom is 0.271 e. The van der Waals surface area contributed by atoms with Crippen molar-refractivity contribution >= 4 is 52.1 Å². The number of nitrogens with one attached hydrogen (secondary N) is 3. The minimum absolute atomic E-state index is 0.00648. The van der Waals surface area contributed by atoms with E-state index >= 15 is 0 Å². The van der Waals surface area contributed by atoms with Gasteiger partial charge in [0.05, 0.1) is 5.75 Å². The van der Waals surface area contributed by atoms with Crippen LogP contribution in [0.3, 0.4) is 0 Å². The molecule has 2 aromatic carbocycles. The molecule has 0 radical (unpaired) electrons. The first-order valence-electron chi connectivity index (χ1n) is 10.5. The van der Waals surface area contributed by atoms with Crippen LogP contribution < -0.4 is 16.2 Å². The van der Waals surface area contributed by atoms with Crippen molar-refractivity contribution in [3.63, 3.8) is 0 Å². The predicted octanol–water partition coefficient (Wildman–Crippen LogP) is 4.32. The molecule has 0 spiro atoms. The van der Waals surface area contributed by atoms with Crippen molar-refractivity contribution in [3.05, 3.63) is 98.0 Å². The number of benzene rings is 2. The van der Waals surface area contributed by atoms with Crippen LogP contribution in [0.4, 0.5) is 5.00 Å². The molecular formula is C24H21N5O3S3. The number of anilines is 1. The van der Waals surface area contributed by atoms with E-state index < -0.39 is 0 Å². The van der Waals surface area contributed by atoms with Crippen molar-refractivity contribution in [2.24, 2.45) is 0 Å². The van der Waals surface area contributed by atoms with E-state index in [0.717, 1.165) is 34.3 Å². The molecule has 3 N–H and O–H groups in total. The molecule has 178 valence electrons. The highest BCUT2D eigenvalue weighted by Crippen LogP contribution is 2.29. The molecule has 0 aliphatic rings. The van der Waals surface area contributed by atoms with Gasteiger partial charge in [-0.1, -0.05) is 71.6 Å². The molecule has 8 nitrogen and oxygen atoms in total. The van der Waals surface area contributed by atoms with Gasteiger partial charge in [0.15, 0.2) is 9.11 Å². The number of aromatic amines is 1. The van der Waals surface area contributed by atoms with E-state index in [1.165, 1.54) is 6.07 Å². The molecule has 0 saturated heterocycles. The van der Waals surface area contributed by atoms with Crippen molar-refractivity contribution in [1.29, 1.82) is 0 Å². The first-order valence-corrected chi connectivity index (χ1v) is 12.8. The summed E-state index contributed by atoms with van der Waals surface area (Å²) in [5, 5.41) is 6.42. The molecule has 0 aliphatic heterocycles. The molecule has 4 aromatic rings. The summed E-state index contributed by atoms with van der Waals surface area (Å²) in [5.41, 5.74) is 2.20. The SMILES string of the molecule is Cc1cc(=O)[nH]c(SCC(=O)Nc2sc(=S)n(-c3ccccc3)c2C(=O)NCc2ccccc2)n1. The molecule has 0 unspecified atom stereocenters. The van der Waals surface area contributed by atoms with E-state index in [2.05, 4.69) is 20.6 Å². The summed E-state index contributed by atoms with van der Waals surface area (Å²) in [7, 11) is 0. The van der Waals surface area contributed by atoms with Gasteiger partial charge in [-0.3, -0.25) is 19.0 Å². The number of carbonyl (C=O) groups is 2. The van der Waals surface area contributed by atoms with Gasteiger partial charge in [-0.05, 0) is 36.8 Å². The lowest BCUT2D eigenvalue weighted by atomic mass is 10.2. The first kappa shape index (κ1) is 24.6. The predicted molar refractivity (Wildman–Crippen MR) is 141 cm³/mol. The third-order valence-electron chi connectivity index (χ3n) is 4.78. The minimum atomic E-state index is -0.363. The van der Waals surface area contributed by atoms with Crippen molar-refractivity contribution in [2.75, 3.05) is 11.1 Å². The lowest BCUT2D eigenvalue weighted by Crippen LogP contribution is -2.27. The van der Waals surface area contributed by atoms with Crippen molar-refractivity contribution < 1.29 is 9.59 Å². The van der Waals surface area contributed by atoms with Gasteiger partial charge >= 0.3 is 0 Å². The number of H-pyrrole nitrogens is 1. The number of amides is 2. The van der Waals surface area contributed by atoms with Gasteiger partial charge in [-0.2, -0.15) is 0 Å². The van der Waals surface area contributed by atoms with Crippen LogP contribution in [0.5, 0.6) is 0 Å². The molecule has 0 saturated carbocycles. The molecule has 0 bridgehead atoms. The fraction of sp³-hybridized carbons (Fsp3) is 0.125. The number of thiazole rings is 1. The van der Waals surface area contributed by atoms with Gasteiger partial charge in [-0.25, -0.2) is 4.98 Å². The summed E-state index contributed by atoms with van der Waals surface area (Å²) in [5.74, 6) is -0.724. The minimum Gasteiger partial charge on any atom is -0.347 e. The number of aromatic nitrogens is 3. The quantitative estimate of drug-likeness (QED) is 0.180. The highest BCUT2D eigenvalue weighted by Gasteiger charge is 2.23. The number of aryl methyl sites for hydroxylation is 1. The van der Waals surface area contributed by atoms with E-state index in [9.17, 15) is 14.4 Å². The molecule has 0 fully saturated rings. The van der Waals surface area contributed by atoms with E-state index in [0.29, 0.717) is 26.4 Å². The van der Waals surface area contributed by atoms with Crippen LogP contribution in [0, 0.1) is 10.9 Å². The summed E-state index contributed by atoms with van der Waals surface area (Å²) in [4.78, 5) is 44.5. The summed E-state index contributed by atoms with van der Waals surface area (Å²) in [6.07, 6.45) is 0. The van der Waals surface area contributed by atoms with Crippen molar-refractivity contribution in [3.8, 4) is 5.69 Å². The number of hydrogen-bond donors (Lipinski definition) is 3. The topological polar surface area (TPSA) is 109 Å². The number of carbonyl (C=O) groups excluding carboxylic acids is 2. The van der Waals surface area contributed by atoms with Crippen LogP contribution in [-0.2, 0) is 11.3 Å². The molecule has 35 heavy (non-hydrogen) atoms. The van der Waals surface area contributed by atoms with Gasteiger partial charge in [0.2, 0.25) is 5.91 Å². The lowest BCUT2D eigenvalue weighted by Gasteiger charge is -2.12. The van der Waals surface area contributed by atoms with E-state index in [1.54, 1.807) is 11.5 Å². The zero-order valence-electron chi connectivity index (χ0n) is 18.6. The van der Waals surface area contributed by atoms with Crippen LogP contribution in [-0.4, -0.2) is 32.1 Å². The lowest BCUT2D eigenvalue weighted by molar-refractivity contribution is -0.113. The smallest absolute Gasteiger partial charge is 0.271 e. The van der Waals surface area contributed by atoms with Crippen LogP contribution >= 0.6 is 35.3 Å². The zero-order chi connectivity index (χ0) is 24.8. The molecule has 2 aromatic heterocycles. The van der Waals surface area contributed by atoms with E-state index in [4.69, 9.17) is 12.2 Å². The average molecular weight is 524 g/mol. The van der Waals surface area contributed by atoms with Crippen LogP contribution in [0.15, 0.2) is 76.7 Å². The molecule has 11 heteroatoms. The second-order valence-electron chi connectivity index (χ2n) is 7.41. The van der Waals surface area contributed by atoms with Gasteiger partial charge < -0.3 is 15.6 Å². The third kappa shape index (κ3) is 6.32. The zero-order valence-corrected chi connectivity index (χ0v) is 21.1. The second kappa shape index (κ2) is 11.3. The van der Waals surface area contributed by atoms with Gasteiger partial charge in [-0.15, -0.1) is 0 Å².